The van der Waals surface area contributed by atoms with Crippen LogP contribution in [-0.2, 0) is 4.79 Å². The fraction of sp³-hybridized carbons (Fsp3) is 0.500. The topological polar surface area (TPSA) is 32.3 Å². The van der Waals surface area contributed by atoms with Crippen molar-refractivity contribution in [2.45, 2.75) is 39.3 Å². The zero-order valence-corrected chi connectivity index (χ0v) is 13.7. The molecule has 1 amide bonds. The molecule has 2 rings (SSSR count). The van der Waals surface area contributed by atoms with Gasteiger partial charge in [0.2, 0.25) is 5.91 Å². The number of aryl methyl sites for hydroxylation is 1. The number of halogens is 2. The van der Waals surface area contributed by atoms with Gasteiger partial charge in [-0.2, -0.15) is 0 Å². The second kappa shape index (κ2) is 5.81. The van der Waals surface area contributed by atoms with Crippen LogP contribution in [0.1, 0.15) is 25.8 Å². The molecule has 1 saturated heterocycles. The molecule has 1 heterocycles. The maximum Gasteiger partial charge on any atom is 0.244 e. The van der Waals surface area contributed by atoms with Crippen molar-refractivity contribution < 1.29 is 4.79 Å². The molecule has 5 heteroatoms. The summed E-state index contributed by atoms with van der Waals surface area (Å²) in [7, 11) is 0. The first kappa shape index (κ1) is 14.8. The van der Waals surface area contributed by atoms with Crippen LogP contribution in [0.2, 0.25) is 5.02 Å². The molecule has 104 valence electrons. The van der Waals surface area contributed by atoms with Crippen molar-refractivity contribution in [3.05, 3.63) is 27.2 Å². The van der Waals surface area contributed by atoms with E-state index in [2.05, 4.69) is 35.1 Å². The highest BCUT2D eigenvalue weighted by atomic mass is 79.9. The zero-order chi connectivity index (χ0) is 14.2. The Morgan fingerprint density at radius 2 is 2.16 bits per heavy atom. The number of benzene rings is 1. The SMILES string of the molecule is Cc1cc(Br)c(N2CCC(NC(C)C)C2=O)cc1Cl. The van der Waals surface area contributed by atoms with E-state index in [4.69, 9.17) is 11.6 Å². The van der Waals surface area contributed by atoms with Gasteiger partial charge in [-0.3, -0.25) is 4.79 Å². The number of carbonyl (C=O) groups excluding carboxylic acids is 1. The third-order valence-corrected chi connectivity index (χ3v) is 4.30. The summed E-state index contributed by atoms with van der Waals surface area (Å²) >= 11 is 9.67. The first-order chi connectivity index (χ1) is 8.90. The van der Waals surface area contributed by atoms with Crippen LogP contribution < -0.4 is 10.2 Å². The summed E-state index contributed by atoms with van der Waals surface area (Å²) in [6, 6.07) is 4.02. The molecule has 0 saturated carbocycles. The van der Waals surface area contributed by atoms with E-state index < -0.39 is 0 Å². The van der Waals surface area contributed by atoms with Crippen LogP contribution in [0, 0.1) is 6.92 Å². The maximum atomic E-state index is 12.4. The Morgan fingerprint density at radius 1 is 1.47 bits per heavy atom. The highest BCUT2D eigenvalue weighted by molar-refractivity contribution is 9.10. The number of hydrogen-bond donors (Lipinski definition) is 1. The van der Waals surface area contributed by atoms with Crippen molar-refractivity contribution in [3.8, 4) is 0 Å². The van der Waals surface area contributed by atoms with Gasteiger partial charge in [-0.15, -0.1) is 0 Å². The largest absolute Gasteiger partial charge is 0.310 e. The molecule has 0 spiro atoms. The van der Waals surface area contributed by atoms with Gasteiger partial charge < -0.3 is 10.2 Å². The molecule has 1 N–H and O–H groups in total. The minimum Gasteiger partial charge on any atom is -0.310 e. The molecule has 19 heavy (non-hydrogen) atoms. The number of amides is 1. The summed E-state index contributed by atoms with van der Waals surface area (Å²) in [6.07, 6.45) is 0.828. The van der Waals surface area contributed by atoms with Crippen molar-refractivity contribution in [1.82, 2.24) is 5.32 Å². The van der Waals surface area contributed by atoms with Crippen molar-refractivity contribution in [1.29, 1.82) is 0 Å². The Morgan fingerprint density at radius 3 is 2.79 bits per heavy atom. The van der Waals surface area contributed by atoms with Crippen LogP contribution in [0.5, 0.6) is 0 Å². The van der Waals surface area contributed by atoms with Crippen LogP contribution >= 0.6 is 27.5 Å². The lowest BCUT2D eigenvalue weighted by Crippen LogP contribution is -2.41. The Hall–Kier alpha value is -0.580. The van der Waals surface area contributed by atoms with Crippen LogP contribution in [0.4, 0.5) is 5.69 Å². The van der Waals surface area contributed by atoms with E-state index in [0.29, 0.717) is 11.1 Å². The van der Waals surface area contributed by atoms with Crippen molar-refractivity contribution >= 4 is 39.1 Å². The Bertz CT molecular complexity index is 504. The molecule has 0 aromatic heterocycles. The average molecular weight is 346 g/mol. The molecule has 1 atom stereocenters. The molecule has 1 aliphatic heterocycles. The van der Waals surface area contributed by atoms with Crippen LogP contribution in [0.15, 0.2) is 16.6 Å². The molecule has 3 nitrogen and oxygen atoms in total. The highest BCUT2D eigenvalue weighted by Gasteiger charge is 2.33. The molecule has 0 bridgehead atoms. The lowest BCUT2D eigenvalue weighted by molar-refractivity contribution is -0.118. The van der Waals surface area contributed by atoms with E-state index in [9.17, 15) is 4.79 Å². The van der Waals surface area contributed by atoms with Gasteiger partial charge in [0.15, 0.2) is 0 Å². The van der Waals surface area contributed by atoms with E-state index in [1.807, 2.05) is 19.1 Å². The monoisotopic (exact) mass is 344 g/mol. The number of rotatable bonds is 3. The average Bonchev–Trinajstić information content (AvgIpc) is 2.65. The lowest BCUT2D eigenvalue weighted by Gasteiger charge is -2.20. The van der Waals surface area contributed by atoms with Crippen molar-refractivity contribution in [2.75, 3.05) is 11.4 Å². The van der Waals surface area contributed by atoms with E-state index in [-0.39, 0.29) is 11.9 Å². The number of carbonyl (C=O) groups is 1. The Labute approximate surface area is 127 Å². The van der Waals surface area contributed by atoms with Gasteiger partial charge in [0.05, 0.1) is 11.7 Å². The third-order valence-electron chi connectivity index (χ3n) is 3.26. The van der Waals surface area contributed by atoms with Gasteiger partial charge in [-0.25, -0.2) is 0 Å². The fourth-order valence-electron chi connectivity index (χ4n) is 2.32. The molecule has 1 aliphatic rings. The predicted octanol–water partition coefficient (Wildman–Crippen LogP) is 3.51. The fourth-order valence-corrected chi connectivity index (χ4v) is 3.15. The first-order valence-electron chi connectivity index (χ1n) is 6.43. The first-order valence-corrected chi connectivity index (χ1v) is 7.60. The summed E-state index contributed by atoms with van der Waals surface area (Å²) < 4.78 is 0.910. The number of anilines is 1. The van der Waals surface area contributed by atoms with Gasteiger partial charge in [-0.1, -0.05) is 25.4 Å². The van der Waals surface area contributed by atoms with Gasteiger partial charge in [-0.05, 0) is 47.0 Å². The van der Waals surface area contributed by atoms with Gasteiger partial charge in [0.1, 0.15) is 0 Å². The van der Waals surface area contributed by atoms with E-state index in [1.165, 1.54) is 0 Å². The van der Waals surface area contributed by atoms with Gasteiger partial charge in [0.25, 0.3) is 0 Å². The maximum absolute atomic E-state index is 12.4. The summed E-state index contributed by atoms with van der Waals surface area (Å²) in [6.45, 7) is 6.77. The molecule has 1 aromatic carbocycles. The summed E-state index contributed by atoms with van der Waals surface area (Å²) in [4.78, 5) is 14.2. The van der Waals surface area contributed by atoms with E-state index in [0.717, 1.165) is 28.7 Å². The van der Waals surface area contributed by atoms with Gasteiger partial charge >= 0.3 is 0 Å². The number of hydrogen-bond acceptors (Lipinski definition) is 2. The Balaban J connectivity index is 2.24. The summed E-state index contributed by atoms with van der Waals surface area (Å²) in [5.74, 6) is 0.120. The summed E-state index contributed by atoms with van der Waals surface area (Å²) in [5, 5.41) is 3.98. The van der Waals surface area contributed by atoms with Crippen LogP contribution in [0.3, 0.4) is 0 Å². The number of nitrogens with zero attached hydrogens (tertiary/aromatic N) is 1. The summed E-state index contributed by atoms with van der Waals surface area (Å²) in [5.41, 5.74) is 1.86. The van der Waals surface area contributed by atoms with Crippen molar-refractivity contribution in [3.63, 3.8) is 0 Å². The van der Waals surface area contributed by atoms with E-state index in [1.54, 1.807) is 4.90 Å². The second-order valence-corrected chi connectivity index (χ2v) is 6.47. The molecule has 1 fully saturated rings. The molecular formula is C14H18BrClN2O. The standard InChI is InChI=1S/C14H18BrClN2O/c1-8(2)17-12-4-5-18(14(12)19)13-7-11(16)9(3)6-10(13)15/h6-8,12,17H,4-5H2,1-3H3. The molecule has 1 aromatic rings. The lowest BCUT2D eigenvalue weighted by atomic mass is 10.2. The van der Waals surface area contributed by atoms with Crippen LogP contribution in [0.25, 0.3) is 0 Å². The molecular weight excluding hydrogens is 328 g/mol. The van der Waals surface area contributed by atoms with Gasteiger partial charge in [0, 0.05) is 22.1 Å². The third kappa shape index (κ3) is 3.12. The minimum absolute atomic E-state index is 0.0908. The van der Waals surface area contributed by atoms with Crippen LogP contribution in [-0.4, -0.2) is 24.5 Å². The highest BCUT2D eigenvalue weighted by Crippen LogP contribution is 2.34. The van der Waals surface area contributed by atoms with E-state index >= 15 is 0 Å². The Kier molecular flexibility index (Phi) is 4.54. The predicted molar refractivity (Wildman–Crippen MR) is 82.9 cm³/mol. The normalized spacial score (nSPS) is 19.6. The second-order valence-electron chi connectivity index (χ2n) is 5.21. The molecule has 1 unspecified atom stereocenters. The minimum atomic E-state index is -0.0908. The van der Waals surface area contributed by atoms with Crippen molar-refractivity contribution in [2.24, 2.45) is 0 Å². The quantitative estimate of drug-likeness (QED) is 0.909. The molecule has 0 radical (unpaired) electrons. The smallest absolute Gasteiger partial charge is 0.244 e. The molecule has 0 aliphatic carbocycles. The zero-order valence-electron chi connectivity index (χ0n) is 11.3. The number of nitrogens with one attached hydrogen (secondary N) is 1.